The summed E-state index contributed by atoms with van der Waals surface area (Å²) in [6.07, 6.45) is -12.0. The highest BCUT2D eigenvalue weighted by atomic mass is 19.4. The Kier molecular flexibility index (Phi) is 7.42. The first-order valence-corrected chi connectivity index (χ1v) is 8.34. The van der Waals surface area contributed by atoms with E-state index in [1.807, 2.05) is 0 Å². The van der Waals surface area contributed by atoms with Crippen LogP contribution < -0.4 is 4.90 Å². The molecule has 1 unspecified atom stereocenters. The molecule has 15 heteroatoms. The molecule has 186 valence electrons. The van der Waals surface area contributed by atoms with Gasteiger partial charge in [-0.05, 0) is 17.7 Å². The Morgan fingerprint density at radius 2 is 1.09 bits per heavy atom. The maximum absolute atomic E-state index is 14.1. The first-order valence-electron chi connectivity index (χ1n) is 8.34. The highest BCUT2D eigenvalue weighted by molar-refractivity contribution is 5.46. The maximum atomic E-state index is 14.1. The summed E-state index contributed by atoms with van der Waals surface area (Å²) in [6, 6.07) is 4.62. The third kappa shape index (κ3) is 4.44. The van der Waals surface area contributed by atoms with Gasteiger partial charge in [0.1, 0.15) is 0 Å². The summed E-state index contributed by atoms with van der Waals surface area (Å²) < 4.78 is 176. The molecule has 1 atom stereocenters. The molecule has 32 heavy (non-hydrogen) atoms. The topological polar surface area (TPSA) is 12.5 Å². The molecule has 1 aromatic rings. The second kappa shape index (κ2) is 8.45. The quantitative estimate of drug-likeness (QED) is 0.358. The molecule has 0 aliphatic carbocycles. The molecule has 0 heterocycles. The first-order chi connectivity index (χ1) is 14.1. The van der Waals surface area contributed by atoms with Crippen molar-refractivity contribution >= 4 is 5.69 Å². The van der Waals surface area contributed by atoms with Crippen LogP contribution in [0.1, 0.15) is 18.1 Å². The number of nitrogens with zero attached hydrogens (tertiary/aromatic N) is 1. The molecule has 0 aliphatic heterocycles. The molecule has 0 N–H and O–H groups in total. The predicted molar refractivity (Wildman–Crippen MR) is 85.9 cm³/mol. The van der Waals surface area contributed by atoms with Crippen molar-refractivity contribution in [2.24, 2.45) is 0 Å². The Balaban J connectivity index is 3.37. The van der Waals surface area contributed by atoms with E-state index in [4.69, 9.17) is 0 Å². The third-order valence-corrected chi connectivity index (χ3v) is 4.51. The smallest absolute Gasteiger partial charge is 0.378 e. The van der Waals surface area contributed by atoms with E-state index in [1.54, 1.807) is 14.1 Å². The van der Waals surface area contributed by atoms with Gasteiger partial charge in [-0.2, -0.15) is 57.1 Å². The van der Waals surface area contributed by atoms with E-state index in [9.17, 15) is 57.1 Å². The van der Waals surface area contributed by atoms with Crippen LogP contribution in [-0.4, -0.2) is 57.0 Å². The van der Waals surface area contributed by atoms with Gasteiger partial charge in [-0.25, -0.2) is 0 Å². The van der Waals surface area contributed by atoms with Crippen LogP contribution in [0.3, 0.4) is 0 Å². The number of methoxy groups -OCH3 is 1. The van der Waals surface area contributed by atoms with Gasteiger partial charge >= 0.3 is 35.8 Å². The highest BCUT2D eigenvalue weighted by Crippen LogP contribution is 2.61. The van der Waals surface area contributed by atoms with Gasteiger partial charge < -0.3 is 9.64 Å². The predicted octanol–water partition coefficient (Wildman–Crippen LogP) is 6.57. The summed E-state index contributed by atoms with van der Waals surface area (Å²) in [7, 11) is 3.80. The van der Waals surface area contributed by atoms with Gasteiger partial charge in [-0.3, -0.25) is 0 Å². The second-order valence-corrected chi connectivity index (χ2v) is 6.91. The van der Waals surface area contributed by atoms with Crippen molar-refractivity contribution in [1.29, 1.82) is 0 Å². The highest BCUT2D eigenvalue weighted by Gasteiger charge is 2.90. The van der Waals surface area contributed by atoms with Gasteiger partial charge in [0.25, 0.3) is 0 Å². The fourth-order valence-electron chi connectivity index (χ4n) is 2.49. The fourth-order valence-corrected chi connectivity index (χ4v) is 2.49. The zero-order valence-corrected chi connectivity index (χ0v) is 16.4. The normalized spacial score (nSPS) is 15.6. The molecule has 0 saturated carbocycles. The summed E-state index contributed by atoms with van der Waals surface area (Å²) in [4.78, 5) is 1.53. The standard InChI is InChI=1S/C17H16F13NO/c1-31(2)10-6-4-9(5-7-10)11(32-3)8-12(18,19)13(20,21)14(22,23)15(24,25)16(26,27)17(28,29)30/h4-7,11H,8H2,1-3H3. The van der Waals surface area contributed by atoms with E-state index < -0.39 is 48.3 Å². The number of rotatable bonds is 9. The minimum Gasteiger partial charge on any atom is -0.378 e. The third-order valence-electron chi connectivity index (χ3n) is 4.51. The molecule has 0 amide bonds. The summed E-state index contributed by atoms with van der Waals surface area (Å²) in [5.41, 5.74) is 0.158. The van der Waals surface area contributed by atoms with Gasteiger partial charge in [-0.1, -0.05) is 12.1 Å². The van der Waals surface area contributed by atoms with Crippen molar-refractivity contribution in [1.82, 2.24) is 0 Å². The minimum atomic E-state index is -7.92. The Hall–Kier alpha value is -1.93. The molecule has 0 bridgehead atoms. The minimum absolute atomic E-state index is 0.315. The van der Waals surface area contributed by atoms with Crippen LogP contribution in [0.4, 0.5) is 62.8 Å². The lowest BCUT2D eigenvalue weighted by molar-refractivity contribution is -0.440. The molecular weight excluding hydrogens is 481 g/mol. The average Bonchev–Trinajstić information content (AvgIpc) is 2.64. The Morgan fingerprint density at radius 3 is 1.44 bits per heavy atom. The number of alkyl halides is 13. The van der Waals surface area contributed by atoms with E-state index in [1.165, 1.54) is 17.0 Å². The molecule has 0 aromatic heterocycles. The summed E-state index contributed by atoms with van der Waals surface area (Å²) in [5, 5.41) is 0. The van der Waals surface area contributed by atoms with E-state index >= 15 is 0 Å². The van der Waals surface area contributed by atoms with Crippen molar-refractivity contribution < 1.29 is 61.8 Å². The van der Waals surface area contributed by atoms with Crippen LogP contribution in [0.15, 0.2) is 24.3 Å². The molecule has 0 radical (unpaired) electrons. The van der Waals surface area contributed by atoms with Crippen molar-refractivity contribution in [3.63, 3.8) is 0 Å². The monoisotopic (exact) mass is 497 g/mol. The number of anilines is 1. The lowest BCUT2D eigenvalue weighted by Crippen LogP contribution is -2.70. The van der Waals surface area contributed by atoms with E-state index in [0.29, 0.717) is 12.8 Å². The number of hydrogen-bond acceptors (Lipinski definition) is 2. The lowest BCUT2D eigenvalue weighted by Gasteiger charge is -2.40. The lowest BCUT2D eigenvalue weighted by atomic mass is 9.90. The van der Waals surface area contributed by atoms with Crippen LogP contribution >= 0.6 is 0 Å². The van der Waals surface area contributed by atoms with E-state index in [2.05, 4.69) is 4.74 Å². The van der Waals surface area contributed by atoms with Gasteiger partial charge in [0.15, 0.2) is 0 Å². The molecule has 0 saturated heterocycles. The van der Waals surface area contributed by atoms with Crippen LogP contribution in [0.2, 0.25) is 0 Å². The van der Waals surface area contributed by atoms with Crippen LogP contribution in [0.5, 0.6) is 0 Å². The van der Waals surface area contributed by atoms with Gasteiger partial charge in [-0.15, -0.1) is 0 Å². The maximum Gasteiger partial charge on any atom is 0.460 e. The van der Waals surface area contributed by atoms with E-state index in [0.717, 1.165) is 12.1 Å². The molecule has 0 spiro atoms. The zero-order valence-electron chi connectivity index (χ0n) is 16.4. The Morgan fingerprint density at radius 1 is 0.688 bits per heavy atom. The molecular formula is C17H16F13NO. The van der Waals surface area contributed by atoms with Crippen LogP contribution in [0.25, 0.3) is 0 Å². The average molecular weight is 497 g/mol. The SMILES string of the molecule is COC(CC(F)(F)C(F)(F)C(F)(F)C(F)(F)C(F)(F)C(F)(F)F)c1ccc(N(C)C)cc1. The van der Waals surface area contributed by atoms with Crippen molar-refractivity contribution in [2.75, 3.05) is 26.1 Å². The number of benzene rings is 1. The van der Waals surface area contributed by atoms with Crippen molar-refractivity contribution in [3.8, 4) is 0 Å². The number of halogens is 13. The Labute approximate surface area is 172 Å². The largest absolute Gasteiger partial charge is 0.460 e. The molecule has 0 aliphatic rings. The molecule has 1 rings (SSSR count). The zero-order chi connectivity index (χ0) is 25.6. The second-order valence-electron chi connectivity index (χ2n) is 6.91. The van der Waals surface area contributed by atoms with E-state index in [-0.39, 0.29) is 5.56 Å². The van der Waals surface area contributed by atoms with Crippen molar-refractivity contribution in [2.45, 2.75) is 48.3 Å². The van der Waals surface area contributed by atoms with Gasteiger partial charge in [0, 0.05) is 33.3 Å². The van der Waals surface area contributed by atoms with Crippen molar-refractivity contribution in [3.05, 3.63) is 29.8 Å². The van der Waals surface area contributed by atoms with Gasteiger partial charge in [0.05, 0.1) is 6.10 Å². The van der Waals surface area contributed by atoms with Gasteiger partial charge in [0.2, 0.25) is 0 Å². The molecule has 2 nitrogen and oxygen atoms in total. The molecule has 1 aromatic carbocycles. The number of ether oxygens (including phenoxy) is 1. The summed E-state index contributed by atoms with van der Waals surface area (Å²) in [6.45, 7) is 0. The van der Waals surface area contributed by atoms with Crippen LogP contribution in [0, 0.1) is 0 Å². The van der Waals surface area contributed by atoms with Crippen LogP contribution in [-0.2, 0) is 4.74 Å². The summed E-state index contributed by atoms with van der Waals surface area (Å²) in [5.74, 6) is -37.0. The fraction of sp³-hybridized carbons (Fsp3) is 0.647. The Bertz CT molecular complexity index is 772. The summed E-state index contributed by atoms with van der Waals surface area (Å²) >= 11 is 0. The number of hydrogen-bond donors (Lipinski definition) is 0. The molecule has 0 fully saturated rings. The first kappa shape index (κ1) is 28.1.